The van der Waals surface area contributed by atoms with Crippen LogP contribution in [0.4, 0.5) is 14.5 Å². The minimum Gasteiger partial charge on any atom is -0.485 e. The number of ether oxygens (including phenoxy) is 4. The van der Waals surface area contributed by atoms with E-state index in [-0.39, 0.29) is 36.0 Å². The van der Waals surface area contributed by atoms with Crippen molar-refractivity contribution < 1.29 is 32.5 Å². The Kier molecular flexibility index (Phi) is 10.9. The molecule has 0 bridgehead atoms. The molecule has 49 heavy (non-hydrogen) atoms. The first-order valence-electron chi connectivity index (χ1n) is 15.8. The van der Waals surface area contributed by atoms with Crippen molar-refractivity contribution in [3.63, 3.8) is 0 Å². The zero-order valence-electron chi connectivity index (χ0n) is 27.9. The van der Waals surface area contributed by atoms with E-state index in [1.807, 2.05) is 54.4 Å². The van der Waals surface area contributed by atoms with Gasteiger partial charge in [0.05, 0.1) is 24.8 Å². The fourth-order valence-corrected chi connectivity index (χ4v) is 5.45. The van der Waals surface area contributed by atoms with Gasteiger partial charge in [-0.15, -0.1) is 0 Å². The average molecular weight is 670 g/mol. The molecule has 1 unspecified atom stereocenters. The Hall–Kier alpha value is -5.70. The lowest BCUT2D eigenvalue weighted by atomic mass is 10.0. The van der Waals surface area contributed by atoms with Gasteiger partial charge in [-0.1, -0.05) is 56.3 Å². The molecule has 1 atom stereocenters. The largest absolute Gasteiger partial charge is 0.485 e. The number of nitriles is 1. The third-order valence-corrected chi connectivity index (χ3v) is 7.81. The Morgan fingerprint density at radius 3 is 2.39 bits per heavy atom. The number of esters is 1. The van der Waals surface area contributed by atoms with E-state index in [2.05, 4.69) is 9.98 Å². The molecule has 5 rings (SSSR count). The van der Waals surface area contributed by atoms with Crippen LogP contribution in [-0.4, -0.2) is 61.5 Å². The summed E-state index contributed by atoms with van der Waals surface area (Å²) in [5.41, 5.74) is 1.19. The summed E-state index contributed by atoms with van der Waals surface area (Å²) < 4.78 is 56.2. The number of carbonyl (C=O) groups excluding carboxylic acids is 1. The Morgan fingerprint density at radius 2 is 1.73 bits per heavy atom. The molecule has 1 aromatic heterocycles. The highest BCUT2D eigenvalue weighted by molar-refractivity contribution is 5.99. The van der Waals surface area contributed by atoms with E-state index in [4.69, 9.17) is 18.9 Å². The van der Waals surface area contributed by atoms with Gasteiger partial charge in [0, 0.05) is 32.3 Å². The van der Waals surface area contributed by atoms with Gasteiger partial charge in [0.25, 0.3) is 11.8 Å². The molecule has 1 aliphatic rings. The first kappa shape index (κ1) is 34.6. The smallest absolute Gasteiger partial charge is 0.329 e. The van der Waals surface area contributed by atoms with Crippen molar-refractivity contribution in [3.05, 3.63) is 101 Å². The van der Waals surface area contributed by atoms with Gasteiger partial charge in [0.1, 0.15) is 29.9 Å². The quantitative estimate of drug-likeness (QED) is 0.138. The highest BCUT2D eigenvalue weighted by Crippen LogP contribution is 2.41. The third-order valence-electron chi connectivity index (χ3n) is 7.81. The fourth-order valence-electron chi connectivity index (χ4n) is 5.45. The number of benzene rings is 3. The number of nitrogens with zero attached hydrogens (tertiary/aromatic N) is 5. The molecule has 4 aromatic rings. The number of rotatable bonds is 13. The lowest BCUT2D eigenvalue weighted by Crippen LogP contribution is -2.44. The molecule has 0 aliphatic carbocycles. The number of anilines is 1. The molecule has 0 amide bonds. The maximum absolute atomic E-state index is 16.5. The van der Waals surface area contributed by atoms with Crippen molar-refractivity contribution in [2.75, 3.05) is 38.7 Å². The van der Waals surface area contributed by atoms with Crippen molar-refractivity contribution in [1.29, 1.82) is 5.26 Å². The first-order chi connectivity index (χ1) is 23.6. The molecule has 0 fully saturated rings. The second-order valence-electron chi connectivity index (χ2n) is 11.7. The van der Waals surface area contributed by atoms with Gasteiger partial charge in [-0.25, -0.2) is 4.79 Å². The molecule has 2 heterocycles. The maximum atomic E-state index is 16.5. The molecule has 0 radical (unpaired) electrons. The van der Waals surface area contributed by atoms with E-state index in [0.29, 0.717) is 6.54 Å². The molecule has 3 aromatic carbocycles. The molecule has 10 nitrogen and oxygen atoms in total. The van der Waals surface area contributed by atoms with Crippen molar-refractivity contribution in [3.8, 4) is 35.1 Å². The summed E-state index contributed by atoms with van der Waals surface area (Å²) in [6.07, 6.45) is 0. The van der Waals surface area contributed by atoms with Crippen LogP contribution in [-0.2, 0) is 16.1 Å². The number of hydrogen-bond donors (Lipinski definition) is 0. The van der Waals surface area contributed by atoms with E-state index in [0.717, 1.165) is 28.4 Å². The van der Waals surface area contributed by atoms with Gasteiger partial charge in [0.15, 0.2) is 11.5 Å². The van der Waals surface area contributed by atoms with Gasteiger partial charge >= 0.3 is 5.97 Å². The summed E-state index contributed by atoms with van der Waals surface area (Å²) in [6, 6.07) is 21.6. The van der Waals surface area contributed by atoms with Crippen LogP contribution in [0.3, 0.4) is 0 Å². The Morgan fingerprint density at radius 1 is 1.00 bits per heavy atom. The summed E-state index contributed by atoms with van der Waals surface area (Å²) in [5.74, 6) is -3.59. The lowest BCUT2D eigenvalue weighted by Gasteiger charge is -2.31. The Bertz CT molecular complexity index is 1880. The molecule has 1 aliphatic heterocycles. The molecule has 0 saturated heterocycles. The highest BCUT2D eigenvalue weighted by Gasteiger charge is 2.35. The minimum absolute atomic E-state index is 0.0392. The number of halogens is 2. The van der Waals surface area contributed by atoms with Crippen LogP contribution in [0.5, 0.6) is 29.0 Å². The predicted octanol–water partition coefficient (Wildman–Crippen LogP) is 7.11. The summed E-state index contributed by atoms with van der Waals surface area (Å²) in [4.78, 5) is 24.8. The van der Waals surface area contributed by atoms with E-state index in [1.165, 1.54) is 25.2 Å². The van der Waals surface area contributed by atoms with Crippen LogP contribution in [0.15, 0.2) is 77.8 Å². The fraction of sp³-hybridized carbons (Fsp3) is 0.297. The monoisotopic (exact) mass is 669 g/mol. The molecule has 0 spiro atoms. The Balaban J connectivity index is 1.60. The minimum atomic E-state index is -1.20. The van der Waals surface area contributed by atoms with Crippen molar-refractivity contribution in [2.24, 2.45) is 10.9 Å². The van der Waals surface area contributed by atoms with Gasteiger partial charge in [0.2, 0.25) is 11.6 Å². The zero-order chi connectivity index (χ0) is 35.1. The number of hydrogen-bond acceptors (Lipinski definition) is 10. The number of pyridine rings is 1. The van der Waals surface area contributed by atoms with Crippen molar-refractivity contribution >= 4 is 17.5 Å². The van der Waals surface area contributed by atoms with Crippen LogP contribution in [0.25, 0.3) is 0 Å². The van der Waals surface area contributed by atoms with Crippen LogP contribution in [0.1, 0.15) is 37.5 Å². The van der Waals surface area contributed by atoms with Gasteiger partial charge in [-0.05, 0) is 42.7 Å². The SMILES string of the molecule is CCOC(=O)C(C(C)C)N(C)c1c(F)c(Oc2cccc(C3=NCCN3C)c2)nc(Oc2cc(C#N)ccc2OCc2ccccc2)c1F. The third kappa shape index (κ3) is 7.89. The number of carbonyl (C=O) groups is 1. The van der Waals surface area contributed by atoms with E-state index in [9.17, 15) is 10.1 Å². The number of aliphatic imine (C=N–C) groups is 1. The molecular formula is C37H37F2N5O5. The van der Waals surface area contributed by atoms with Crippen molar-refractivity contribution in [2.45, 2.75) is 33.4 Å². The van der Waals surface area contributed by atoms with Crippen LogP contribution in [0, 0.1) is 28.9 Å². The molecule has 0 N–H and O–H groups in total. The molecular weight excluding hydrogens is 632 g/mol. The van der Waals surface area contributed by atoms with Crippen LogP contribution in [0.2, 0.25) is 0 Å². The van der Waals surface area contributed by atoms with E-state index >= 15 is 8.78 Å². The maximum Gasteiger partial charge on any atom is 0.329 e. The number of likely N-dealkylation sites (N-methyl/N-ethyl adjacent to an activating group) is 2. The highest BCUT2D eigenvalue weighted by atomic mass is 19.1. The standard InChI is InChI=1S/C37H37F2N5O5/c1-6-46-37(45)32(23(2)3)44(5)33-30(38)35(48-27-14-10-13-26(20-27)34-41-17-18-43(34)4)42-36(31(33)39)49-29-19-25(21-40)15-16-28(29)47-22-24-11-8-7-9-12-24/h7-16,19-20,23,32H,6,17-18,22H2,1-5H3. The lowest BCUT2D eigenvalue weighted by molar-refractivity contribution is -0.145. The molecule has 12 heteroatoms. The van der Waals surface area contributed by atoms with Crippen LogP contribution < -0.4 is 19.1 Å². The number of aromatic nitrogens is 1. The van der Waals surface area contributed by atoms with E-state index < -0.39 is 47.0 Å². The second kappa shape index (κ2) is 15.5. The Labute approximate surface area is 284 Å². The summed E-state index contributed by atoms with van der Waals surface area (Å²) in [5, 5.41) is 9.60. The molecule has 254 valence electrons. The van der Waals surface area contributed by atoms with Gasteiger partial charge in [-0.3, -0.25) is 4.99 Å². The second-order valence-corrected chi connectivity index (χ2v) is 11.7. The first-order valence-corrected chi connectivity index (χ1v) is 15.8. The van der Waals surface area contributed by atoms with Gasteiger partial charge in [-0.2, -0.15) is 19.0 Å². The van der Waals surface area contributed by atoms with Gasteiger partial charge < -0.3 is 28.7 Å². The number of amidine groups is 1. The van der Waals surface area contributed by atoms with Crippen LogP contribution >= 0.6 is 0 Å². The summed E-state index contributed by atoms with van der Waals surface area (Å²) in [7, 11) is 3.30. The molecule has 0 saturated carbocycles. The summed E-state index contributed by atoms with van der Waals surface area (Å²) >= 11 is 0. The van der Waals surface area contributed by atoms with Crippen molar-refractivity contribution in [1.82, 2.24) is 9.88 Å². The van der Waals surface area contributed by atoms with E-state index in [1.54, 1.807) is 39.0 Å². The summed E-state index contributed by atoms with van der Waals surface area (Å²) in [6.45, 7) is 6.75. The zero-order valence-corrected chi connectivity index (χ0v) is 27.9. The normalized spacial score (nSPS) is 13.0. The predicted molar refractivity (Wildman–Crippen MR) is 180 cm³/mol. The topological polar surface area (TPSA) is 110 Å². The average Bonchev–Trinajstić information content (AvgIpc) is 3.52.